The molecule has 2 amide bonds. The molecule has 0 aromatic heterocycles. The van der Waals surface area contributed by atoms with Crippen molar-refractivity contribution < 1.29 is 18.4 Å². The van der Waals surface area contributed by atoms with Gasteiger partial charge in [-0.25, -0.2) is 8.78 Å². The van der Waals surface area contributed by atoms with Gasteiger partial charge < -0.3 is 10.2 Å². The molecule has 0 spiro atoms. The van der Waals surface area contributed by atoms with E-state index in [1.807, 2.05) is 12.2 Å². The van der Waals surface area contributed by atoms with Crippen LogP contribution in [0.1, 0.15) is 25.7 Å². The van der Waals surface area contributed by atoms with Gasteiger partial charge in [0.25, 0.3) is 0 Å². The molecule has 1 heterocycles. The van der Waals surface area contributed by atoms with Crippen molar-refractivity contribution in [2.24, 2.45) is 5.92 Å². The van der Waals surface area contributed by atoms with Crippen molar-refractivity contribution in [3.05, 3.63) is 42.0 Å². The van der Waals surface area contributed by atoms with E-state index < -0.39 is 23.6 Å². The van der Waals surface area contributed by atoms with Crippen LogP contribution in [0.15, 0.2) is 30.4 Å². The highest BCUT2D eigenvalue weighted by atomic mass is 19.1. The third-order valence-electron chi connectivity index (χ3n) is 4.31. The van der Waals surface area contributed by atoms with Crippen molar-refractivity contribution in [2.75, 3.05) is 11.4 Å². The fourth-order valence-electron chi connectivity index (χ4n) is 3.14. The number of rotatable bonds is 4. The summed E-state index contributed by atoms with van der Waals surface area (Å²) in [5.74, 6) is -2.01. The molecule has 6 heteroatoms. The van der Waals surface area contributed by atoms with Gasteiger partial charge in [0.2, 0.25) is 11.8 Å². The Hall–Kier alpha value is -2.24. The van der Waals surface area contributed by atoms with Gasteiger partial charge in [-0.15, -0.1) is 0 Å². The molecule has 2 atom stereocenters. The number of para-hydroxylation sites is 1. The van der Waals surface area contributed by atoms with E-state index in [0.29, 0.717) is 12.8 Å². The number of carbonyl (C=O) groups is 2. The molecule has 1 saturated heterocycles. The number of allylic oxidation sites excluding steroid dienone is 2. The van der Waals surface area contributed by atoms with E-state index in [1.165, 1.54) is 6.07 Å². The summed E-state index contributed by atoms with van der Waals surface area (Å²) < 4.78 is 27.6. The van der Waals surface area contributed by atoms with Crippen LogP contribution >= 0.6 is 0 Å². The Morgan fingerprint density at radius 2 is 2.00 bits per heavy atom. The number of hydrogen-bond acceptors (Lipinski definition) is 2. The van der Waals surface area contributed by atoms with Crippen LogP contribution in [-0.2, 0) is 9.59 Å². The van der Waals surface area contributed by atoms with E-state index in [1.54, 1.807) is 0 Å². The SMILES string of the molecule is O=C(C[C@H]1C=CCC1)N[C@@H]1CCN(c2c(F)cccc2F)C1=O. The standard InChI is InChI=1S/C17H18F2N2O2/c18-12-6-3-7-13(19)16(12)21-9-8-14(17(21)23)20-15(22)10-11-4-1-2-5-11/h1,3-4,6-7,11,14H,2,5,8-10H2,(H,20,22)/t11-,14+/m0/s1. The van der Waals surface area contributed by atoms with E-state index in [-0.39, 0.29) is 24.1 Å². The van der Waals surface area contributed by atoms with Crippen LogP contribution < -0.4 is 10.2 Å². The van der Waals surface area contributed by atoms with Crippen LogP contribution in [0.4, 0.5) is 14.5 Å². The predicted molar refractivity (Wildman–Crippen MR) is 81.7 cm³/mol. The molecule has 3 rings (SSSR count). The highest BCUT2D eigenvalue weighted by Crippen LogP contribution is 2.28. The second-order valence-corrected chi connectivity index (χ2v) is 5.94. The molecular formula is C17H18F2N2O2. The fraction of sp³-hybridized carbons (Fsp3) is 0.412. The first kappa shape index (κ1) is 15.6. The second kappa shape index (κ2) is 6.48. The zero-order chi connectivity index (χ0) is 16.4. The molecule has 1 aliphatic carbocycles. The lowest BCUT2D eigenvalue weighted by atomic mass is 10.0. The molecule has 1 aromatic rings. The third-order valence-corrected chi connectivity index (χ3v) is 4.31. The number of benzene rings is 1. The molecule has 1 N–H and O–H groups in total. The zero-order valence-electron chi connectivity index (χ0n) is 12.6. The highest BCUT2D eigenvalue weighted by molar-refractivity contribution is 6.01. The average Bonchev–Trinajstić information content (AvgIpc) is 3.12. The van der Waals surface area contributed by atoms with Crippen molar-refractivity contribution in [1.29, 1.82) is 0 Å². The Kier molecular flexibility index (Phi) is 4.41. The molecule has 4 nitrogen and oxygen atoms in total. The van der Waals surface area contributed by atoms with E-state index in [2.05, 4.69) is 5.32 Å². The quantitative estimate of drug-likeness (QED) is 0.867. The summed E-state index contributed by atoms with van der Waals surface area (Å²) in [6.07, 6.45) is 6.66. The molecule has 0 radical (unpaired) electrons. The summed E-state index contributed by atoms with van der Waals surface area (Å²) in [6, 6.07) is 2.77. The van der Waals surface area contributed by atoms with Gasteiger partial charge in [-0.3, -0.25) is 9.59 Å². The molecule has 1 fully saturated rings. The van der Waals surface area contributed by atoms with Gasteiger partial charge in [0, 0.05) is 13.0 Å². The van der Waals surface area contributed by atoms with E-state index >= 15 is 0 Å². The second-order valence-electron chi connectivity index (χ2n) is 5.94. The minimum absolute atomic E-state index is 0.185. The van der Waals surface area contributed by atoms with Crippen molar-refractivity contribution in [1.82, 2.24) is 5.32 Å². The summed E-state index contributed by atoms with van der Waals surface area (Å²) in [6.45, 7) is 0.185. The van der Waals surface area contributed by atoms with Crippen LogP contribution in [-0.4, -0.2) is 24.4 Å². The number of halogens is 2. The average molecular weight is 320 g/mol. The molecule has 1 aromatic carbocycles. The first-order valence-corrected chi connectivity index (χ1v) is 7.77. The summed E-state index contributed by atoms with van der Waals surface area (Å²) in [7, 11) is 0. The van der Waals surface area contributed by atoms with Crippen LogP contribution in [0.5, 0.6) is 0 Å². The number of hydrogen-bond donors (Lipinski definition) is 1. The Morgan fingerprint density at radius 1 is 1.26 bits per heavy atom. The molecule has 0 bridgehead atoms. The van der Waals surface area contributed by atoms with E-state index in [0.717, 1.165) is 29.9 Å². The maximum absolute atomic E-state index is 13.8. The number of carbonyl (C=O) groups excluding carboxylic acids is 2. The zero-order valence-corrected chi connectivity index (χ0v) is 12.6. The Labute approximate surface area is 133 Å². The van der Waals surface area contributed by atoms with Crippen LogP contribution in [0.2, 0.25) is 0 Å². The summed E-state index contributed by atoms with van der Waals surface area (Å²) >= 11 is 0. The predicted octanol–water partition coefficient (Wildman–Crippen LogP) is 2.54. The van der Waals surface area contributed by atoms with E-state index in [9.17, 15) is 18.4 Å². The summed E-state index contributed by atoms with van der Waals surface area (Å²) in [5.41, 5.74) is -0.340. The van der Waals surface area contributed by atoms with Gasteiger partial charge in [-0.05, 0) is 37.3 Å². The Bertz CT molecular complexity index is 640. The van der Waals surface area contributed by atoms with E-state index in [4.69, 9.17) is 0 Å². The molecule has 23 heavy (non-hydrogen) atoms. The van der Waals surface area contributed by atoms with Gasteiger partial charge in [-0.1, -0.05) is 18.2 Å². The van der Waals surface area contributed by atoms with Crippen LogP contribution in [0, 0.1) is 17.6 Å². The fourth-order valence-corrected chi connectivity index (χ4v) is 3.14. The highest BCUT2D eigenvalue weighted by Gasteiger charge is 2.36. The van der Waals surface area contributed by atoms with Crippen molar-refractivity contribution in [3.8, 4) is 0 Å². The topological polar surface area (TPSA) is 49.4 Å². The van der Waals surface area contributed by atoms with Crippen LogP contribution in [0.3, 0.4) is 0 Å². The Balaban J connectivity index is 1.64. The largest absolute Gasteiger partial charge is 0.344 e. The van der Waals surface area contributed by atoms with Crippen molar-refractivity contribution in [2.45, 2.75) is 31.7 Å². The lowest BCUT2D eigenvalue weighted by Crippen LogP contribution is -2.42. The maximum atomic E-state index is 13.8. The number of nitrogens with zero attached hydrogens (tertiary/aromatic N) is 1. The number of anilines is 1. The lowest BCUT2D eigenvalue weighted by Gasteiger charge is -2.18. The molecule has 122 valence electrons. The number of amides is 2. The van der Waals surface area contributed by atoms with Crippen molar-refractivity contribution in [3.63, 3.8) is 0 Å². The summed E-state index contributed by atoms with van der Waals surface area (Å²) in [4.78, 5) is 25.4. The van der Waals surface area contributed by atoms with Gasteiger partial charge >= 0.3 is 0 Å². The first-order chi connectivity index (χ1) is 11.1. The lowest BCUT2D eigenvalue weighted by molar-refractivity contribution is -0.126. The molecular weight excluding hydrogens is 302 g/mol. The van der Waals surface area contributed by atoms with Gasteiger partial charge in [0.1, 0.15) is 23.4 Å². The first-order valence-electron chi connectivity index (χ1n) is 7.77. The van der Waals surface area contributed by atoms with Gasteiger partial charge in [0.15, 0.2) is 0 Å². The Morgan fingerprint density at radius 3 is 2.65 bits per heavy atom. The maximum Gasteiger partial charge on any atom is 0.249 e. The third kappa shape index (κ3) is 3.25. The smallest absolute Gasteiger partial charge is 0.249 e. The van der Waals surface area contributed by atoms with Crippen molar-refractivity contribution >= 4 is 17.5 Å². The van der Waals surface area contributed by atoms with Gasteiger partial charge in [-0.2, -0.15) is 0 Å². The van der Waals surface area contributed by atoms with Crippen LogP contribution in [0.25, 0.3) is 0 Å². The monoisotopic (exact) mass is 320 g/mol. The number of nitrogens with one attached hydrogen (secondary N) is 1. The normalized spacial score (nSPS) is 23.6. The molecule has 1 aliphatic heterocycles. The molecule has 0 unspecified atom stereocenters. The molecule has 2 aliphatic rings. The molecule has 0 saturated carbocycles. The minimum atomic E-state index is -0.776. The summed E-state index contributed by atoms with van der Waals surface area (Å²) in [5, 5.41) is 2.69. The minimum Gasteiger partial charge on any atom is -0.344 e. The van der Waals surface area contributed by atoms with Gasteiger partial charge in [0.05, 0.1) is 0 Å².